The van der Waals surface area contributed by atoms with Crippen molar-refractivity contribution in [1.82, 2.24) is 9.80 Å². The highest BCUT2D eigenvalue weighted by atomic mass is 79.9. The van der Waals surface area contributed by atoms with Crippen molar-refractivity contribution >= 4 is 22.0 Å². The third kappa shape index (κ3) is 5.78. The molecule has 9 heteroatoms. The number of nitrogens with zero attached hydrogens (tertiary/aromatic N) is 2. The van der Waals surface area contributed by atoms with Crippen LogP contribution < -0.4 is 4.74 Å². The van der Waals surface area contributed by atoms with Crippen molar-refractivity contribution in [2.75, 3.05) is 26.2 Å². The summed E-state index contributed by atoms with van der Waals surface area (Å²) in [6.45, 7) is 7.39. The number of carbonyl (C=O) groups is 1. The summed E-state index contributed by atoms with van der Waals surface area (Å²) in [6.07, 6.45) is -5.44. The van der Waals surface area contributed by atoms with Gasteiger partial charge in [0.15, 0.2) is 0 Å². The Bertz CT molecular complexity index is 722. The number of rotatable bonds is 5. The van der Waals surface area contributed by atoms with Crippen LogP contribution in [-0.4, -0.2) is 65.5 Å². The number of hydrogen-bond acceptors (Lipinski definition) is 3. The van der Waals surface area contributed by atoms with Gasteiger partial charge in [0, 0.05) is 29.7 Å². The lowest BCUT2D eigenvalue weighted by Gasteiger charge is -2.51. The van der Waals surface area contributed by atoms with E-state index < -0.39 is 29.8 Å². The van der Waals surface area contributed by atoms with Gasteiger partial charge in [0.05, 0.1) is 12.6 Å². The van der Waals surface area contributed by atoms with Crippen LogP contribution in [0.25, 0.3) is 0 Å². The summed E-state index contributed by atoms with van der Waals surface area (Å²) in [7, 11) is 0. The number of piperazine rings is 1. The van der Waals surface area contributed by atoms with E-state index in [9.17, 15) is 23.1 Å². The predicted molar refractivity (Wildman–Crippen MR) is 108 cm³/mol. The standard InChI is InChI=1S/C20H28BrF3N2O3/c1-13-14(21)7-5-8-15(13)29-12-6-9-25-10-11-26(18(27)28)16(19(2,3)4)17(25)20(22,23)24/h5,7-8,16-17H,6,9-12H2,1-4H3,(H,27,28)/t16-,17?/m1/s1. The highest BCUT2D eigenvalue weighted by Gasteiger charge is 2.56. The minimum absolute atomic E-state index is 0.0406. The molecule has 0 aromatic heterocycles. The molecule has 1 unspecified atom stereocenters. The summed E-state index contributed by atoms with van der Waals surface area (Å²) in [5.41, 5.74) is 0.0739. The molecular weight excluding hydrogens is 453 g/mol. The summed E-state index contributed by atoms with van der Waals surface area (Å²) >= 11 is 3.42. The molecule has 0 saturated carbocycles. The van der Waals surface area contributed by atoms with Crippen LogP contribution in [0.5, 0.6) is 5.75 Å². The molecule has 2 rings (SSSR count). The summed E-state index contributed by atoms with van der Waals surface area (Å²) in [6, 6.07) is 2.53. The number of benzene rings is 1. The van der Waals surface area contributed by atoms with E-state index in [-0.39, 0.29) is 26.2 Å². The number of halogens is 4. The van der Waals surface area contributed by atoms with Gasteiger partial charge in [0.1, 0.15) is 11.8 Å². The van der Waals surface area contributed by atoms with Crippen molar-refractivity contribution < 1.29 is 27.8 Å². The van der Waals surface area contributed by atoms with Crippen molar-refractivity contribution in [3.8, 4) is 5.75 Å². The summed E-state index contributed by atoms with van der Waals surface area (Å²) in [4.78, 5) is 13.9. The maximum absolute atomic E-state index is 14.0. The molecule has 1 aliphatic rings. The maximum Gasteiger partial charge on any atom is 0.407 e. The van der Waals surface area contributed by atoms with Crippen LogP contribution in [0.15, 0.2) is 22.7 Å². The highest BCUT2D eigenvalue weighted by molar-refractivity contribution is 9.10. The second-order valence-corrected chi connectivity index (χ2v) is 9.23. The Labute approximate surface area is 177 Å². The monoisotopic (exact) mass is 480 g/mol. The van der Waals surface area contributed by atoms with Crippen LogP contribution in [0.3, 0.4) is 0 Å². The summed E-state index contributed by atoms with van der Waals surface area (Å²) in [5.74, 6) is 0.690. The van der Waals surface area contributed by atoms with E-state index in [4.69, 9.17) is 4.74 Å². The minimum Gasteiger partial charge on any atom is -0.493 e. The fourth-order valence-electron chi connectivity index (χ4n) is 3.87. The van der Waals surface area contributed by atoms with E-state index in [1.54, 1.807) is 20.8 Å². The van der Waals surface area contributed by atoms with Crippen molar-refractivity contribution in [1.29, 1.82) is 0 Å². The zero-order valence-electron chi connectivity index (χ0n) is 17.1. The molecule has 1 amide bonds. The summed E-state index contributed by atoms with van der Waals surface area (Å²) in [5, 5.41) is 9.45. The number of amides is 1. The Balaban J connectivity index is 2.10. The molecule has 2 atom stereocenters. The van der Waals surface area contributed by atoms with E-state index in [1.807, 2.05) is 25.1 Å². The molecule has 0 aliphatic carbocycles. The first-order valence-electron chi connectivity index (χ1n) is 9.52. The van der Waals surface area contributed by atoms with Crippen molar-refractivity contribution in [3.63, 3.8) is 0 Å². The van der Waals surface area contributed by atoms with Gasteiger partial charge in [-0.3, -0.25) is 4.90 Å². The van der Waals surface area contributed by atoms with E-state index in [2.05, 4.69) is 15.9 Å². The smallest absolute Gasteiger partial charge is 0.407 e. The van der Waals surface area contributed by atoms with E-state index in [1.165, 1.54) is 4.90 Å². The first kappa shape index (κ1) is 23.8. The molecule has 0 bridgehead atoms. The lowest BCUT2D eigenvalue weighted by Crippen LogP contribution is -2.69. The van der Waals surface area contributed by atoms with E-state index in [0.717, 1.165) is 14.9 Å². The lowest BCUT2D eigenvalue weighted by molar-refractivity contribution is -0.219. The molecule has 1 fully saturated rings. The number of ether oxygens (including phenoxy) is 1. The fraction of sp³-hybridized carbons (Fsp3) is 0.650. The Morgan fingerprint density at radius 3 is 2.45 bits per heavy atom. The first-order chi connectivity index (χ1) is 13.3. The Morgan fingerprint density at radius 1 is 1.24 bits per heavy atom. The molecule has 0 radical (unpaired) electrons. The molecular formula is C20H28BrF3N2O3. The van der Waals surface area contributed by atoms with Crippen LogP contribution in [0.4, 0.5) is 18.0 Å². The second-order valence-electron chi connectivity index (χ2n) is 8.37. The lowest BCUT2D eigenvalue weighted by atomic mass is 9.79. The molecule has 1 aliphatic heterocycles. The maximum atomic E-state index is 14.0. The molecule has 29 heavy (non-hydrogen) atoms. The first-order valence-corrected chi connectivity index (χ1v) is 10.3. The largest absolute Gasteiger partial charge is 0.493 e. The minimum atomic E-state index is -4.53. The van der Waals surface area contributed by atoms with Gasteiger partial charge in [-0.15, -0.1) is 0 Å². The predicted octanol–water partition coefficient (Wildman–Crippen LogP) is 5.17. The summed E-state index contributed by atoms with van der Waals surface area (Å²) < 4.78 is 48.6. The molecule has 1 aromatic rings. The van der Waals surface area contributed by atoms with Gasteiger partial charge in [-0.05, 0) is 30.9 Å². The number of hydrogen-bond donors (Lipinski definition) is 1. The zero-order chi connectivity index (χ0) is 22.0. The van der Waals surface area contributed by atoms with Crippen LogP contribution in [0.2, 0.25) is 0 Å². The van der Waals surface area contributed by atoms with Gasteiger partial charge in [-0.25, -0.2) is 4.79 Å². The van der Waals surface area contributed by atoms with Gasteiger partial charge in [0.25, 0.3) is 0 Å². The third-order valence-electron chi connectivity index (χ3n) is 5.19. The van der Waals surface area contributed by atoms with E-state index >= 15 is 0 Å². The average molecular weight is 481 g/mol. The van der Waals surface area contributed by atoms with Crippen molar-refractivity contribution in [2.24, 2.45) is 5.41 Å². The Kier molecular flexibility index (Phi) is 7.48. The second kappa shape index (κ2) is 9.12. The highest BCUT2D eigenvalue weighted by Crippen LogP contribution is 2.40. The molecule has 1 heterocycles. The van der Waals surface area contributed by atoms with Gasteiger partial charge in [-0.2, -0.15) is 13.2 Å². The number of carboxylic acid groups (broad SMARTS) is 1. The molecule has 1 aromatic carbocycles. The van der Waals surface area contributed by atoms with Crippen LogP contribution in [0.1, 0.15) is 32.8 Å². The number of alkyl halides is 3. The van der Waals surface area contributed by atoms with Gasteiger partial charge >= 0.3 is 12.3 Å². The SMILES string of the molecule is Cc1c(Br)cccc1OCCCN1CCN(C(=O)O)[C@@H](C(C)(C)C)C1C(F)(F)F. The van der Waals surface area contributed by atoms with E-state index in [0.29, 0.717) is 12.2 Å². The van der Waals surface area contributed by atoms with Crippen molar-refractivity contribution in [3.05, 3.63) is 28.2 Å². The van der Waals surface area contributed by atoms with Crippen LogP contribution in [-0.2, 0) is 0 Å². The average Bonchev–Trinajstić information content (AvgIpc) is 2.59. The quantitative estimate of drug-likeness (QED) is 0.590. The van der Waals surface area contributed by atoms with Gasteiger partial charge in [0.2, 0.25) is 0 Å². The molecule has 5 nitrogen and oxygen atoms in total. The third-order valence-corrected chi connectivity index (χ3v) is 6.05. The molecule has 0 spiro atoms. The molecule has 1 saturated heterocycles. The van der Waals surface area contributed by atoms with Crippen LogP contribution in [0, 0.1) is 12.3 Å². The fourth-order valence-corrected chi connectivity index (χ4v) is 4.22. The molecule has 1 N–H and O–H groups in total. The van der Waals surface area contributed by atoms with Gasteiger partial charge < -0.3 is 14.7 Å². The normalized spacial score (nSPS) is 21.3. The zero-order valence-corrected chi connectivity index (χ0v) is 18.7. The Hall–Kier alpha value is -1.48. The topological polar surface area (TPSA) is 53.0 Å². The molecule has 164 valence electrons. The van der Waals surface area contributed by atoms with Crippen LogP contribution >= 0.6 is 15.9 Å². The Morgan fingerprint density at radius 2 is 1.90 bits per heavy atom. The van der Waals surface area contributed by atoms with Crippen molar-refractivity contribution in [2.45, 2.75) is 52.4 Å². The van der Waals surface area contributed by atoms with Gasteiger partial charge in [-0.1, -0.05) is 42.8 Å².